The lowest BCUT2D eigenvalue weighted by Crippen LogP contribution is -2.26. The van der Waals surface area contributed by atoms with Crippen molar-refractivity contribution in [3.05, 3.63) is 76.1 Å². The van der Waals surface area contributed by atoms with Gasteiger partial charge in [0, 0.05) is 0 Å². The first-order valence-corrected chi connectivity index (χ1v) is 7.35. The van der Waals surface area contributed by atoms with Crippen molar-refractivity contribution in [2.75, 3.05) is 0 Å². The topological polar surface area (TPSA) is 97.9 Å². The fraction of sp³-hybridized carbons (Fsp3) is 0.0556. The molecular formula is C18H12N4O3. The number of fused-ring (bicyclic) bond motifs is 1. The highest BCUT2D eigenvalue weighted by Gasteiger charge is 2.12. The molecule has 0 aliphatic carbocycles. The van der Waals surface area contributed by atoms with Crippen molar-refractivity contribution in [2.45, 2.75) is 6.73 Å². The average Bonchev–Trinajstić information content (AvgIpc) is 2.66. The molecule has 0 amide bonds. The quantitative estimate of drug-likeness (QED) is 0.411. The highest BCUT2D eigenvalue weighted by Crippen LogP contribution is 2.08. The van der Waals surface area contributed by atoms with Crippen molar-refractivity contribution in [3.63, 3.8) is 0 Å². The van der Waals surface area contributed by atoms with Crippen LogP contribution in [-0.4, -0.2) is 21.0 Å². The molecule has 0 saturated carbocycles. The van der Waals surface area contributed by atoms with Crippen molar-refractivity contribution < 1.29 is 9.53 Å². The van der Waals surface area contributed by atoms with E-state index in [9.17, 15) is 9.59 Å². The SMILES string of the molecule is N#CC(=Cc1ccccc1)C(=O)OCn1nnc2ccccc2c1=O. The molecule has 0 atom stereocenters. The first-order valence-electron chi connectivity index (χ1n) is 7.35. The minimum absolute atomic E-state index is 0.173. The Balaban J connectivity index is 1.78. The number of benzene rings is 2. The van der Waals surface area contributed by atoms with Crippen LogP contribution < -0.4 is 5.56 Å². The number of ether oxygens (including phenoxy) is 1. The maximum atomic E-state index is 12.3. The third kappa shape index (κ3) is 3.59. The minimum atomic E-state index is -0.840. The van der Waals surface area contributed by atoms with Gasteiger partial charge in [-0.15, -0.1) is 5.10 Å². The van der Waals surface area contributed by atoms with Gasteiger partial charge in [0.2, 0.25) is 0 Å². The van der Waals surface area contributed by atoms with Gasteiger partial charge in [0.1, 0.15) is 17.2 Å². The van der Waals surface area contributed by atoms with Crippen LogP contribution in [-0.2, 0) is 16.3 Å². The molecule has 25 heavy (non-hydrogen) atoms. The third-order valence-corrected chi connectivity index (χ3v) is 3.40. The molecule has 122 valence electrons. The van der Waals surface area contributed by atoms with E-state index < -0.39 is 18.3 Å². The van der Waals surface area contributed by atoms with Gasteiger partial charge in [-0.2, -0.15) is 9.94 Å². The summed E-state index contributed by atoms with van der Waals surface area (Å²) in [4.78, 5) is 24.3. The molecule has 1 aromatic heterocycles. The highest BCUT2D eigenvalue weighted by atomic mass is 16.5. The Morgan fingerprint density at radius 1 is 1.16 bits per heavy atom. The molecule has 0 bridgehead atoms. The second-order valence-corrected chi connectivity index (χ2v) is 5.05. The average molecular weight is 332 g/mol. The first kappa shape index (κ1) is 16.1. The molecule has 0 aliphatic heterocycles. The van der Waals surface area contributed by atoms with E-state index in [1.165, 1.54) is 6.08 Å². The lowest BCUT2D eigenvalue weighted by Gasteiger charge is -2.06. The molecule has 0 radical (unpaired) electrons. The van der Waals surface area contributed by atoms with E-state index in [-0.39, 0.29) is 5.57 Å². The van der Waals surface area contributed by atoms with Gasteiger partial charge in [-0.05, 0) is 23.8 Å². The normalized spacial score (nSPS) is 11.1. The van der Waals surface area contributed by atoms with E-state index >= 15 is 0 Å². The van der Waals surface area contributed by atoms with Gasteiger partial charge in [-0.3, -0.25) is 4.79 Å². The van der Waals surface area contributed by atoms with Crippen molar-refractivity contribution in [1.29, 1.82) is 5.26 Å². The zero-order valence-electron chi connectivity index (χ0n) is 13.0. The molecule has 3 rings (SSSR count). The summed E-state index contributed by atoms with van der Waals surface area (Å²) in [5.74, 6) is -0.840. The lowest BCUT2D eigenvalue weighted by atomic mass is 10.1. The van der Waals surface area contributed by atoms with Crippen LogP contribution >= 0.6 is 0 Å². The van der Waals surface area contributed by atoms with Gasteiger partial charge in [0.15, 0.2) is 6.73 Å². The molecule has 3 aromatic rings. The Bertz CT molecular complexity index is 1050. The number of hydrogen-bond acceptors (Lipinski definition) is 6. The van der Waals surface area contributed by atoms with E-state index in [0.29, 0.717) is 16.5 Å². The molecule has 0 unspecified atom stereocenters. The zero-order valence-corrected chi connectivity index (χ0v) is 13.0. The maximum absolute atomic E-state index is 12.3. The molecule has 1 heterocycles. The van der Waals surface area contributed by atoms with E-state index in [2.05, 4.69) is 10.3 Å². The first-order chi connectivity index (χ1) is 12.2. The number of esters is 1. The Morgan fingerprint density at radius 3 is 2.64 bits per heavy atom. The number of nitriles is 1. The van der Waals surface area contributed by atoms with Gasteiger partial charge in [0.05, 0.1) is 5.39 Å². The van der Waals surface area contributed by atoms with Crippen LogP contribution in [0.4, 0.5) is 0 Å². The molecule has 7 heteroatoms. The monoisotopic (exact) mass is 332 g/mol. The molecular weight excluding hydrogens is 320 g/mol. The molecule has 0 aliphatic rings. The fourth-order valence-electron chi connectivity index (χ4n) is 2.16. The van der Waals surface area contributed by atoms with Crippen molar-refractivity contribution >= 4 is 22.9 Å². The summed E-state index contributed by atoms with van der Waals surface area (Å²) in [6.07, 6.45) is 1.41. The van der Waals surface area contributed by atoms with Gasteiger partial charge in [0.25, 0.3) is 5.56 Å². The predicted octanol–water partition coefficient (Wildman–Crippen LogP) is 1.90. The number of rotatable bonds is 4. The van der Waals surface area contributed by atoms with Crippen molar-refractivity contribution in [3.8, 4) is 6.07 Å². The second-order valence-electron chi connectivity index (χ2n) is 5.05. The van der Waals surface area contributed by atoms with Crippen LogP contribution in [0.1, 0.15) is 5.56 Å². The fourth-order valence-corrected chi connectivity index (χ4v) is 2.16. The second kappa shape index (κ2) is 7.19. The molecule has 7 nitrogen and oxygen atoms in total. The Labute approximate surface area is 142 Å². The summed E-state index contributed by atoms with van der Waals surface area (Å²) < 4.78 is 5.94. The summed E-state index contributed by atoms with van der Waals surface area (Å²) in [6.45, 7) is -0.427. The number of carbonyl (C=O) groups excluding carboxylic acids is 1. The largest absolute Gasteiger partial charge is 0.438 e. The minimum Gasteiger partial charge on any atom is -0.438 e. The third-order valence-electron chi connectivity index (χ3n) is 3.40. The summed E-state index contributed by atoms with van der Waals surface area (Å²) in [7, 11) is 0. The van der Waals surface area contributed by atoms with Crippen LogP contribution in [0.3, 0.4) is 0 Å². The van der Waals surface area contributed by atoms with E-state index in [1.54, 1.807) is 54.6 Å². The molecule has 0 N–H and O–H groups in total. The number of carbonyl (C=O) groups is 1. The molecule has 0 spiro atoms. The van der Waals surface area contributed by atoms with E-state index in [0.717, 1.165) is 4.68 Å². The summed E-state index contributed by atoms with van der Waals surface area (Å²) in [6, 6.07) is 17.4. The Hall–Kier alpha value is -3.79. The smallest absolute Gasteiger partial charge is 0.350 e. The maximum Gasteiger partial charge on any atom is 0.350 e. The summed E-state index contributed by atoms with van der Waals surface area (Å²) in [5.41, 5.74) is 0.548. The van der Waals surface area contributed by atoms with E-state index in [4.69, 9.17) is 10.00 Å². The number of hydrogen-bond donors (Lipinski definition) is 0. The Kier molecular flexibility index (Phi) is 4.62. The predicted molar refractivity (Wildman–Crippen MR) is 89.9 cm³/mol. The van der Waals surface area contributed by atoms with Gasteiger partial charge in [-0.1, -0.05) is 47.7 Å². The lowest BCUT2D eigenvalue weighted by molar-refractivity contribution is -0.142. The molecule has 2 aromatic carbocycles. The van der Waals surface area contributed by atoms with Crippen LogP contribution in [0, 0.1) is 11.3 Å². The molecule has 0 fully saturated rings. The van der Waals surface area contributed by atoms with Crippen molar-refractivity contribution in [2.24, 2.45) is 0 Å². The number of aromatic nitrogens is 3. The van der Waals surface area contributed by atoms with E-state index in [1.807, 2.05) is 6.07 Å². The van der Waals surface area contributed by atoms with Gasteiger partial charge >= 0.3 is 5.97 Å². The van der Waals surface area contributed by atoms with Crippen LogP contribution in [0.15, 0.2) is 65.0 Å². The number of nitrogens with zero attached hydrogens (tertiary/aromatic N) is 4. The van der Waals surface area contributed by atoms with Crippen LogP contribution in [0.2, 0.25) is 0 Å². The summed E-state index contributed by atoms with van der Waals surface area (Å²) in [5, 5.41) is 17.1. The molecule has 0 saturated heterocycles. The van der Waals surface area contributed by atoms with Crippen molar-refractivity contribution in [1.82, 2.24) is 15.0 Å². The van der Waals surface area contributed by atoms with Gasteiger partial charge < -0.3 is 4.74 Å². The van der Waals surface area contributed by atoms with Gasteiger partial charge in [-0.25, -0.2) is 4.79 Å². The zero-order chi connectivity index (χ0) is 17.6. The summed E-state index contributed by atoms with van der Waals surface area (Å²) >= 11 is 0. The standard InChI is InChI=1S/C18H12N4O3/c19-11-14(10-13-6-2-1-3-7-13)18(24)25-12-22-17(23)15-8-4-5-9-16(15)20-21-22/h1-10H,12H2. The van der Waals surface area contributed by atoms with Crippen LogP contribution in [0.25, 0.3) is 17.0 Å². The highest BCUT2D eigenvalue weighted by molar-refractivity contribution is 5.97. The van der Waals surface area contributed by atoms with Crippen LogP contribution in [0.5, 0.6) is 0 Å². The Morgan fingerprint density at radius 2 is 1.88 bits per heavy atom.